The van der Waals surface area contributed by atoms with E-state index in [2.05, 4.69) is 0 Å². The van der Waals surface area contributed by atoms with E-state index in [1.807, 2.05) is 0 Å². The zero-order chi connectivity index (χ0) is 11.6. The SMILES string of the molecule is CN(CC(=O)O)S(=O)(=O)CS(C)(=O)=O. The van der Waals surface area contributed by atoms with Gasteiger partial charge in [0.1, 0.15) is 6.54 Å². The molecule has 0 aromatic carbocycles. The fourth-order valence-electron chi connectivity index (χ4n) is 0.649. The maximum absolute atomic E-state index is 11.2. The van der Waals surface area contributed by atoms with Gasteiger partial charge >= 0.3 is 5.97 Å². The minimum Gasteiger partial charge on any atom is -0.480 e. The van der Waals surface area contributed by atoms with Crippen molar-refractivity contribution in [1.82, 2.24) is 4.31 Å². The largest absolute Gasteiger partial charge is 0.480 e. The minimum atomic E-state index is -4.05. The van der Waals surface area contributed by atoms with Gasteiger partial charge in [0.15, 0.2) is 14.9 Å². The summed E-state index contributed by atoms with van der Waals surface area (Å²) in [5, 5.41) is 7.21. The first-order chi connectivity index (χ1) is 6.04. The lowest BCUT2D eigenvalue weighted by atomic mass is 10.7. The molecule has 0 saturated carbocycles. The van der Waals surface area contributed by atoms with Crippen LogP contribution in [0.25, 0.3) is 0 Å². The van der Waals surface area contributed by atoms with Crippen LogP contribution in [0.3, 0.4) is 0 Å². The summed E-state index contributed by atoms with van der Waals surface area (Å²) in [6, 6.07) is 0. The average Bonchev–Trinajstić information content (AvgIpc) is 1.78. The van der Waals surface area contributed by atoms with Gasteiger partial charge < -0.3 is 5.11 Å². The van der Waals surface area contributed by atoms with Crippen molar-refractivity contribution in [2.45, 2.75) is 0 Å². The molecule has 14 heavy (non-hydrogen) atoms. The van der Waals surface area contributed by atoms with Crippen LogP contribution in [0.5, 0.6) is 0 Å². The Kier molecular flexibility index (Phi) is 4.03. The Balaban J connectivity index is 4.73. The second-order valence-corrected chi connectivity index (χ2v) is 7.39. The van der Waals surface area contributed by atoms with Gasteiger partial charge in [0, 0.05) is 13.3 Å². The van der Waals surface area contributed by atoms with E-state index >= 15 is 0 Å². The normalized spacial score (nSPS) is 13.1. The molecule has 0 atom stereocenters. The fraction of sp³-hybridized carbons (Fsp3) is 0.800. The number of sulfone groups is 1. The maximum atomic E-state index is 11.2. The summed E-state index contributed by atoms with van der Waals surface area (Å²) in [6.45, 7) is -0.752. The predicted octanol–water partition coefficient (Wildman–Crippen LogP) is -1.67. The Morgan fingerprint density at radius 1 is 1.29 bits per heavy atom. The lowest BCUT2D eigenvalue weighted by Gasteiger charge is -2.13. The second-order valence-electron chi connectivity index (χ2n) is 2.81. The van der Waals surface area contributed by atoms with Crippen molar-refractivity contribution in [1.29, 1.82) is 0 Å². The number of carboxylic acids is 1. The third kappa shape index (κ3) is 5.14. The van der Waals surface area contributed by atoms with Gasteiger partial charge in [-0.2, -0.15) is 4.31 Å². The number of nitrogens with zero attached hydrogens (tertiary/aromatic N) is 1. The first-order valence-corrected chi connectivity index (χ1v) is 7.05. The molecule has 0 aliphatic heterocycles. The van der Waals surface area contributed by atoms with Crippen molar-refractivity contribution in [2.24, 2.45) is 0 Å². The van der Waals surface area contributed by atoms with Gasteiger partial charge in [-0.3, -0.25) is 4.79 Å². The number of hydrogen-bond donors (Lipinski definition) is 1. The van der Waals surface area contributed by atoms with Gasteiger partial charge in [0.05, 0.1) is 0 Å². The highest BCUT2D eigenvalue weighted by Gasteiger charge is 2.24. The molecule has 0 radical (unpaired) electrons. The number of carbonyl (C=O) groups is 1. The number of likely N-dealkylation sites (N-methyl/N-ethyl adjacent to an activating group) is 1. The number of carboxylic acid groups (broad SMARTS) is 1. The molecule has 1 N–H and O–H groups in total. The number of rotatable bonds is 5. The molecule has 0 aliphatic rings. The third-order valence-electron chi connectivity index (χ3n) is 1.20. The summed E-state index contributed by atoms with van der Waals surface area (Å²) in [7, 11) is -6.73. The Morgan fingerprint density at radius 2 is 1.71 bits per heavy atom. The van der Waals surface area contributed by atoms with Crippen LogP contribution < -0.4 is 0 Å². The van der Waals surface area contributed by atoms with Crippen molar-refractivity contribution in [2.75, 3.05) is 24.9 Å². The van der Waals surface area contributed by atoms with Crippen molar-refractivity contribution >= 4 is 25.8 Å². The molecule has 0 bridgehead atoms. The van der Waals surface area contributed by atoms with E-state index in [0.29, 0.717) is 4.31 Å². The molecule has 0 spiro atoms. The van der Waals surface area contributed by atoms with Crippen LogP contribution in [0.15, 0.2) is 0 Å². The number of sulfonamides is 1. The Hall–Kier alpha value is -0.670. The molecule has 84 valence electrons. The predicted molar refractivity (Wildman–Crippen MR) is 48.9 cm³/mol. The van der Waals surface area contributed by atoms with Crippen molar-refractivity contribution < 1.29 is 26.7 Å². The van der Waals surface area contributed by atoms with Crippen LogP contribution in [-0.4, -0.2) is 57.1 Å². The molecular weight excluding hydrogens is 234 g/mol. The highest BCUT2D eigenvalue weighted by Crippen LogP contribution is 2.01. The summed E-state index contributed by atoms with van der Waals surface area (Å²) in [5.74, 6) is -1.34. The van der Waals surface area contributed by atoms with E-state index in [4.69, 9.17) is 5.11 Å². The van der Waals surface area contributed by atoms with Crippen LogP contribution in [0.2, 0.25) is 0 Å². The number of aliphatic carboxylic acids is 1. The lowest BCUT2D eigenvalue weighted by Crippen LogP contribution is -2.35. The summed E-state index contributed by atoms with van der Waals surface area (Å²) in [4.78, 5) is 10.2. The van der Waals surface area contributed by atoms with E-state index < -0.39 is 37.5 Å². The fourth-order valence-corrected chi connectivity index (χ4v) is 3.84. The van der Waals surface area contributed by atoms with Gasteiger partial charge in [-0.25, -0.2) is 16.8 Å². The van der Waals surface area contributed by atoms with E-state index in [9.17, 15) is 21.6 Å². The zero-order valence-electron chi connectivity index (χ0n) is 7.67. The first kappa shape index (κ1) is 13.3. The van der Waals surface area contributed by atoms with Crippen LogP contribution in [0.4, 0.5) is 0 Å². The molecule has 0 unspecified atom stereocenters. The first-order valence-electron chi connectivity index (χ1n) is 3.38. The van der Waals surface area contributed by atoms with Crippen LogP contribution >= 0.6 is 0 Å². The molecule has 0 aliphatic carbocycles. The van der Waals surface area contributed by atoms with Crippen molar-refractivity contribution in [3.05, 3.63) is 0 Å². The minimum absolute atomic E-state index is 0.483. The quantitative estimate of drug-likeness (QED) is 0.620. The van der Waals surface area contributed by atoms with E-state index in [1.165, 1.54) is 0 Å². The molecule has 0 saturated heterocycles. The molecule has 0 heterocycles. The Bertz CT molecular complexity index is 408. The van der Waals surface area contributed by atoms with Crippen molar-refractivity contribution in [3.63, 3.8) is 0 Å². The van der Waals surface area contributed by atoms with E-state index in [1.54, 1.807) is 0 Å². The Labute approximate surface area is 82.3 Å². The highest BCUT2D eigenvalue weighted by atomic mass is 32.3. The van der Waals surface area contributed by atoms with Gasteiger partial charge in [-0.1, -0.05) is 0 Å². The summed E-state index contributed by atoms with van der Waals surface area (Å²) >= 11 is 0. The molecule has 0 aromatic rings. The lowest BCUT2D eigenvalue weighted by molar-refractivity contribution is -0.137. The average molecular weight is 245 g/mol. The summed E-state index contributed by atoms with van der Waals surface area (Å²) in [6.07, 6.45) is 0.763. The molecule has 0 aromatic heterocycles. The molecule has 0 fully saturated rings. The molecule has 0 rings (SSSR count). The van der Waals surface area contributed by atoms with Crippen LogP contribution in [0.1, 0.15) is 0 Å². The standard InChI is InChI=1S/C5H11NO6S2/c1-6(3-5(7)8)14(11,12)4-13(2,9)10/h3-4H2,1-2H3,(H,7,8). The second kappa shape index (κ2) is 4.24. The smallest absolute Gasteiger partial charge is 0.318 e. The van der Waals surface area contributed by atoms with Crippen LogP contribution in [-0.2, 0) is 24.7 Å². The molecule has 0 amide bonds. The topological polar surface area (TPSA) is 109 Å². The summed E-state index contributed by atoms with van der Waals surface area (Å²) < 4.78 is 44.2. The number of hydrogen-bond acceptors (Lipinski definition) is 5. The van der Waals surface area contributed by atoms with Gasteiger partial charge in [-0.05, 0) is 0 Å². The van der Waals surface area contributed by atoms with E-state index in [-0.39, 0.29) is 0 Å². The molecule has 9 heteroatoms. The zero-order valence-corrected chi connectivity index (χ0v) is 9.30. The van der Waals surface area contributed by atoms with E-state index in [0.717, 1.165) is 13.3 Å². The van der Waals surface area contributed by atoms with Gasteiger partial charge in [0.25, 0.3) is 0 Å². The summed E-state index contributed by atoms with van der Waals surface area (Å²) in [5.41, 5.74) is 0. The molecule has 7 nitrogen and oxygen atoms in total. The Morgan fingerprint density at radius 3 is 2.00 bits per heavy atom. The third-order valence-corrected chi connectivity index (χ3v) is 5.18. The van der Waals surface area contributed by atoms with Crippen LogP contribution in [0, 0.1) is 0 Å². The van der Waals surface area contributed by atoms with Gasteiger partial charge in [-0.15, -0.1) is 0 Å². The highest BCUT2D eigenvalue weighted by molar-refractivity contribution is 8.06. The molecular formula is C5H11NO6S2. The van der Waals surface area contributed by atoms with Gasteiger partial charge in [0.2, 0.25) is 10.0 Å². The van der Waals surface area contributed by atoms with Crippen molar-refractivity contribution in [3.8, 4) is 0 Å². The maximum Gasteiger partial charge on any atom is 0.318 e. The monoisotopic (exact) mass is 245 g/mol.